The smallest absolute Gasteiger partial charge is 0.0122 e. The van der Waals surface area contributed by atoms with Crippen molar-refractivity contribution in [2.75, 3.05) is 0 Å². The van der Waals surface area contributed by atoms with E-state index in [1.807, 2.05) is 0 Å². The molecule has 1 saturated carbocycles. The zero-order valence-corrected chi connectivity index (χ0v) is 12.5. The molecule has 0 atom stereocenters. The number of hydrogen-bond donors (Lipinski definition) is 0. The van der Waals surface area contributed by atoms with Crippen LogP contribution in [0.25, 0.3) is 11.1 Å². The molecule has 0 N–H and O–H groups in total. The first-order chi connectivity index (χ1) is 10.4. The van der Waals surface area contributed by atoms with Gasteiger partial charge in [0.2, 0.25) is 0 Å². The molecule has 107 valence electrons. The van der Waals surface area contributed by atoms with E-state index in [2.05, 4.69) is 73.2 Å². The summed E-state index contributed by atoms with van der Waals surface area (Å²) in [5.74, 6) is 0.804. The van der Waals surface area contributed by atoms with Crippen LogP contribution in [-0.2, 0) is 0 Å². The van der Waals surface area contributed by atoms with Gasteiger partial charge in [-0.1, -0.05) is 86.0 Å². The van der Waals surface area contributed by atoms with Crippen LogP contribution in [0, 0.1) is 12.3 Å². The molecule has 1 fully saturated rings. The molecule has 21 heavy (non-hydrogen) atoms. The molecule has 1 aliphatic carbocycles. The monoisotopic (exact) mass is 275 g/mol. The maximum Gasteiger partial charge on any atom is 0.0122 e. The van der Waals surface area contributed by atoms with Crippen LogP contribution in [0.1, 0.15) is 37.7 Å². The molecule has 0 amide bonds. The summed E-state index contributed by atoms with van der Waals surface area (Å²) in [7, 11) is 0. The quantitative estimate of drug-likeness (QED) is 0.638. The van der Waals surface area contributed by atoms with Gasteiger partial charge in [0, 0.05) is 6.42 Å². The number of hydrogen-bond acceptors (Lipinski definition) is 0. The van der Waals surface area contributed by atoms with Crippen LogP contribution >= 0.6 is 0 Å². The van der Waals surface area contributed by atoms with Crippen LogP contribution in [0.3, 0.4) is 0 Å². The van der Waals surface area contributed by atoms with Crippen molar-refractivity contribution in [1.29, 1.82) is 0 Å². The van der Waals surface area contributed by atoms with E-state index in [1.165, 1.54) is 48.8 Å². The summed E-state index contributed by atoms with van der Waals surface area (Å²) in [6, 6.07) is 19.3. The van der Waals surface area contributed by atoms with Crippen LogP contribution in [0.5, 0.6) is 0 Å². The highest BCUT2D eigenvalue weighted by atomic mass is 14.1. The number of benzene rings is 2. The SMILES string of the molecule is [CH](C=CC1CCCCC1)c1ccc(-c2ccccc2)cc1. The Hall–Kier alpha value is -1.82. The lowest BCUT2D eigenvalue weighted by Crippen LogP contribution is -2.02. The highest BCUT2D eigenvalue weighted by Gasteiger charge is 2.09. The molecule has 0 aromatic heterocycles. The first-order valence-corrected chi connectivity index (χ1v) is 8.09. The van der Waals surface area contributed by atoms with Crippen molar-refractivity contribution in [3.63, 3.8) is 0 Å². The standard InChI is InChI=1S/C21H23/c1-3-8-18(9-4-1)10-7-11-19-14-16-21(17-15-19)20-12-5-2-6-13-20/h2,5-7,10-18H,1,3-4,8-9H2. The molecule has 1 aliphatic rings. The van der Waals surface area contributed by atoms with Crippen LogP contribution in [0.2, 0.25) is 0 Å². The van der Waals surface area contributed by atoms with Crippen molar-refractivity contribution < 1.29 is 0 Å². The third kappa shape index (κ3) is 4.07. The summed E-state index contributed by atoms with van der Waals surface area (Å²) in [4.78, 5) is 0. The molecule has 0 spiro atoms. The van der Waals surface area contributed by atoms with Crippen LogP contribution in [-0.4, -0.2) is 0 Å². The average Bonchev–Trinajstić information content (AvgIpc) is 2.57. The topological polar surface area (TPSA) is 0 Å². The summed E-state index contributed by atoms with van der Waals surface area (Å²) < 4.78 is 0. The highest BCUT2D eigenvalue weighted by molar-refractivity contribution is 5.63. The zero-order chi connectivity index (χ0) is 14.3. The molecule has 0 heteroatoms. The lowest BCUT2D eigenvalue weighted by molar-refractivity contribution is 0.419. The Morgan fingerprint density at radius 2 is 1.38 bits per heavy atom. The van der Waals surface area contributed by atoms with Gasteiger partial charge in [0.15, 0.2) is 0 Å². The minimum absolute atomic E-state index is 0.804. The maximum absolute atomic E-state index is 2.39. The van der Waals surface area contributed by atoms with E-state index < -0.39 is 0 Å². The Labute approximate surface area is 128 Å². The molecule has 3 rings (SSSR count). The number of allylic oxidation sites excluding steroid dienone is 2. The van der Waals surface area contributed by atoms with E-state index in [0.29, 0.717) is 0 Å². The van der Waals surface area contributed by atoms with E-state index in [4.69, 9.17) is 0 Å². The third-order valence-electron chi connectivity index (χ3n) is 4.34. The molecule has 0 saturated heterocycles. The van der Waals surface area contributed by atoms with Gasteiger partial charge in [0.05, 0.1) is 0 Å². The van der Waals surface area contributed by atoms with E-state index in [0.717, 1.165) is 5.92 Å². The Balaban J connectivity index is 1.58. The molecule has 2 aromatic rings. The second kappa shape index (κ2) is 7.26. The lowest BCUT2D eigenvalue weighted by Gasteiger charge is -2.17. The van der Waals surface area contributed by atoms with E-state index in [1.54, 1.807) is 0 Å². The van der Waals surface area contributed by atoms with E-state index in [-0.39, 0.29) is 0 Å². The predicted molar refractivity (Wildman–Crippen MR) is 91.0 cm³/mol. The van der Waals surface area contributed by atoms with Gasteiger partial charge in [-0.15, -0.1) is 0 Å². The van der Waals surface area contributed by atoms with Gasteiger partial charge in [0.1, 0.15) is 0 Å². The fraction of sp³-hybridized carbons (Fsp3) is 0.286. The van der Waals surface area contributed by atoms with Crippen LogP contribution < -0.4 is 0 Å². The summed E-state index contributed by atoms with van der Waals surface area (Å²) in [6.07, 6.45) is 13.8. The Morgan fingerprint density at radius 1 is 0.714 bits per heavy atom. The van der Waals surface area contributed by atoms with Gasteiger partial charge in [-0.3, -0.25) is 0 Å². The van der Waals surface area contributed by atoms with Gasteiger partial charge in [-0.25, -0.2) is 0 Å². The van der Waals surface area contributed by atoms with Gasteiger partial charge in [-0.2, -0.15) is 0 Å². The Kier molecular flexibility index (Phi) is 4.89. The summed E-state index contributed by atoms with van der Waals surface area (Å²) in [5.41, 5.74) is 3.84. The second-order valence-corrected chi connectivity index (χ2v) is 5.94. The number of rotatable bonds is 4. The first-order valence-electron chi connectivity index (χ1n) is 8.09. The largest absolute Gasteiger partial charge is 0.0848 e. The first kappa shape index (κ1) is 14.1. The summed E-state index contributed by atoms with van der Waals surface area (Å²) in [6.45, 7) is 0. The second-order valence-electron chi connectivity index (χ2n) is 5.94. The summed E-state index contributed by atoms with van der Waals surface area (Å²) in [5, 5.41) is 0. The van der Waals surface area contributed by atoms with Gasteiger partial charge < -0.3 is 0 Å². The Morgan fingerprint density at radius 3 is 2.10 bits per heavy atom. The van der Waals surface area contributed by atoms with E-state index in [9.17, 15) is 0 Å². The van der Waals surface area contributed by atoms with Gasteiger partial charge >= 0.3 is 0 Å². The molecular formula is C21H23. The minimum Gasteiger partial charge on any atom is -0.0848 e. The van der Waals surface area contributed by atoms with Gasteiger partial charge in [0.25, 0.3) is 0 Å². The predicted octanol–water partition coefficient (Wildman–Crippen LogP) is 6.04. The van der Waals surface area contributed by atoms with Crippen molar-refractivity contribution in [3.05, 3.63) is 78.7 Å². The van der Waals surface area contributed by atoms with Crippen LogP contribution in [0.15, 0.2) is 66.7 Å². The molecule has 0 unspecified atom stereocenters. The van der Waals surface area contributed by atoms with Crippen molar-refractivity contribution in [1.82, 2.24) is 0 Å². The summed E-state index contributed by atoms with van der Waals surface area (Å²) >= 11 is 0. The van der Waals surface area contributed by atoms with Crippen molar-refractivity contribution >= 4 is 0 Å². The molecule has 0 heterocycles. The third-order valence-corrected chi connectivity index (χ3v) is 4.34. The molecular weight excluding hydrogens is 252 g/mol. The zero-order valence-electron chi connectivity index (χ0n) is 12.5. The van der Waals surface area contributed by atoms with Crippen LogP contribution in [0.4, 0.5) is 0 Å². The molecule has 0 nitrogen and oxygen atoms in total. The maximum atomic E-state index is 2.39. The Bertz CT molecular complexity index is 557. The van der Waals surface area contributed by atoms with Crippen molar-refractivity contribution in [3.8, 4) is 11.1 Å². The van der Waals surface area contributed by atoms with Crippen molar-refractivity contribution in [2.24, 2.45) is 5.92 Å². The minimum atomic E-state index is 0.804. The molecule has 1 radical (unpaired) electrons. The van der Waals surface area contributed by atoms with Gasteiger partial charge in [-0.05, 0) is 35.4 Å². The van der Waals surface area contributed by atoms with E-state index >= 15 is 0 Å². The van der Waals surface area contributed by atoms with Crippen molar-refractivity contribution in [2.45, 2.75) is 32.1 Å². The average molecular weight is 275 g/mol. The molecule has 0 aliphatic heterocycles. The lowest BCUT2D eigenvalue weighted by atomic mass is 9.89. The fourth-order valence-corrected chi connectivity index (χ4v) is 3.07. The molecule has 0 bridgehead atoms. The normalized spacial score (nSPS) is 16.4. The highest BCUT2D eigenvalue weighted by Crippen LogP contribution is 2.25. The molecule has 2 aromatic carbocycles. The fourth-order valence-electron chi connectivity index (χ4n) is 3.07.